The Bertz CT molecular complexity index is 1290. The maximum absolute atomic E-state index is 13.4. The van der Waals surface area contributed by atoms with Gasteiger partial charge in [0.2, 0.25) is 17.7 Å². The summed E-state index contributed by atoms with van der Waals surface area (Å²) in [6.07, 6.45) is 0. The van der Waals surface area contributed by atoms with Gasteiger partial charge in [-0.25, -0.2) is 9.37 Å². The summed E-state index contributed by atoms with van der Waals surface area (Å²) in [6, 6.07) is 11.2. The van der Waals surface area contributed by atoms with Crippen molar-refractivity contribution in [2.75, 3.05) is 5.32 Å². The van der Waals surface area contributed by atoms with Gasteiger partial charge in [0.1, 0.15) is 5.82 Å². The number of anilines is 1. The van der Waals surface area contributed by atoms with E-state index in [2.05, 4.69) is 20.3 Å². The summed E-state index contributed by atoms with van der Waals surface area (Å²) < 4.78 is 13.4. The molecule has 2 amide bonds. The average molecular weight is 422 g/mol. The van der Waals surface area contributed by atoms with Crippen molar-refractivity contribution >= 4 is 39.9 Å². The van der Waals surface area contributed by atoms with Gasteiger partial charge in [-0.1, -0.05) is 24.3 Å². The molecule has 0 saturated carbocycles. The molecule has 150 valence electrons. The molecule has 4 aromatic rings. The minimum atomic E-state index is -0.814. The van der Waals surface area contributed by atoms with Crippen LogP contribution in [0.15, 0.2) is 47.8 Å². The number of nitrogens with zero attached hydrogens (tertiary/aromatic N) is 3. The van der Waals surface area contributed by atoms with Crippen LogP contribution in [0.1, 0.15) is 26.5 Å². The van der Waals surface area contributed by atoms with Gasteiger partial charge in [0.05, 0.1) is 4.88 Å². The average Bonchev–Trinajstić information content (AvgIpc) is 3.16. The van der Waals surface area contributed by atoms with Crippen molar-refractivity contribution in [2.45, 2.75) is 6.54 Å². The number of carbonyl (C=O) groups is 2. The Balaban J connectivity index is 1.75. The number of nitrogens with two attached hydrogens (primary N) is 2. The zero-order valence-electron chi connectivity index (χ0n) is 15.4. The van der Waals surface area contributed by atoms with Gasteiger partial charge in [0.25, 0.3) is 5.91 Å². The molecule has 0 spiro atoms. The summed E-state index contributed by atoms with van der Waals surface area (Å²) >= 11 is 1.30. The lowest BCUT2D eigenvalue weighted by Gasteiger charge is -2.08. The number of hydrogen-bond donors (Lipinski definition) is 3. The van der Waals surface area contributed by atoms with E-state index in [1.54, 1.807) is 35.7 Å². The van der Waals surface area contributed by atoms with Crippen molar-refractivity contribution in [3.05, 3.63) is 70.6 Å². The number of hydrogen-bond acceptors (Lipinski definition) is 7. The Hall–Kier alpha value is -3.92. The summed E-state index contributed by atoms with van der Waals surface area (Å²) in [5.41, 5.74) is 11.9. The number of primary amides is 2. The maximum Gasteiger partial charge on any atom is 0.286 e. The first kappa shape index (κ1) is 19.4. The standard InChI is InChI=1S/C20H15FN6O2S/c21-11-4-1-3-10(7-11)8-24-20-26-18(25-19(27-20)17(23)29)15-12-5-2-6-13(16(22)28)14(12)9-30-15/h1-7,9H,8H2,(H2,22,28)(H2,23,29)(H,24,25,26,27). The van der Waals surface area contributed by atoms with Crippen LogP contribution in [0.4, 0.5) is 10.3 Å². The topological polar surface area (TPSA) is 137 Å². The SMILES string of the molecule is NC(=O)c1nc(NCc2cccc(F)c2)nc(-c2scc3c(C(N)=O)cccc23)n1. The van der Waals surface area contributed by atoms with Gasteiger partial charge in [0, 0.05) is 28.3 Å². The van der Waals surface area contributed by atoms with Gasteiger partial charge >= 0.3 is 0 Å². The zero-order valence-corrected chi connectivity index (χ0v) is 16.2. The fourth-order valence-electron chi connectivity index (χ4n) is 2.95. The quantitative estimate of drug-likeness (QED) is 0.437. The third-order valence-corrected chi connectivity index (χ3v) is 5.30. The van der Waals surface area contributed by atoms with Crippen LogP contribution in [-0.2, 0) is 6.54 Å². The molecule has 8 nitrogen and oxygen atoms in total. The number of carbonyl (C=O) groups excluding carboxylic acids is 2. The molecule has 0 atom stereocenters. The molecule has 0 fully saturated rings. The largest absolute Gasteiger partial charge is 0.366 e. The van der Waals surface area contributed by atoms with Crippen molar-refractivity contribution < 1.29 is 14.0 Å². The predicted molar refractivity (Wildman–Crippen MR) is 111 cm³/mol. The molecule has 5 N–H and O–H groups in total. The van der Waals surface area contributed by atoms with Crippen LogP contribution in [-0.4, -0.2) is 26.8 Å². The highest BCUT2D eigenvalue weighted by Gasteiger charge is 2.18. The fourth-order valence-corrected chi connectivity index (χ4v) is 3.95. The van der Waals surface area contributed by atoms with Gasteiger partial charge in [-0.2, -0.15) is 9.97 Å². The molecular formula is C20H15FN6O2S. The highest BCUT2D eigenvalue weighted by atomic mass is 32.1. The molecular weight excluding hydrogens is 407 g/mol. The molecule has 0 radical (unpaired) electrons. The van der Waals surface area contributed by atoms with Crippen molar-refractivity contribution in [3.8, 4) is 10.7 Å². The highest BCUT2D eigenvalue weighted by Crippen LogP contribution is 2.35. The van der Waals surface area contributed by atoms with E-state index < -0.39 is 11.8 Å². The van der Waals surface area contributed by atoms with E-state index in [0.29, 0.717) is 26.8 Å². The van der Waals surface area contributed by atoms with Gasteiger partial charge in [-0.15, -0.1) is 11.3 Å². The van der Waals surface area contributed by atoms with Gasteiger partial charge in [-0.3, -0.25) is 9.59 Å². The number of aromatic nitrogens is 3. The highest BCUT2D eigenvalue weighted by molar-refractivity contribution is 7.15. The molecule has 30 heavy (non-hydrogen) atoms. The molecule has 0 aliphatic heterocycles. The molecule has 0 bridgehead atoms. The monoisotopic (exact) mass is 422 g/mol. The van der Waals surface area contributed by atoms with Crippen LogP contribution in [0.3, 0.4) is 0 Å². The summed E-state index contributed by atoms with van der Waals surface area (Å²) in [4.78, 5) is 36.6. The number of nitrogens with one attached hydrogen (secondary N) is 1. The maximum atomic E-state index is 13.4. The second-order valence-corrected chi connectivity index (χ2v) is 7.23. The number of benzene rings is 2. The first-order valence-corrected chi connectivity index (χ1v) is 9.65. The minimum Gasteiger partial charge on any atom is -0.366 e. The Morgan fingerprint density at radius 1 is 1.00 bits per heavy atom. The van der Waals surface area contributed by atoms with Crippen molar-refractivity contribution in [2.24, 2.45) is 11.5 Å². The van der Waals surface area contributed by atoms with Gasteiger partial charge < -0.3 is 16.8 Å². The summed E-state index contributed by atoms with van der Waals surface area (Å²) in [5, 5.41) is 6.12. The zero-order chi connectivity index (χ0) is 21.3. The lowest BCUT2D eigenvalue weighted by molar-refractivity contribution is 0.0986. The second kappa shape index (κ2) is 7.84. The van der Waals surface area contributed by atoms with E-state index in [9.17, 15) is 14.0 Å². The molecule has 0 saturated heterocycles. The minimum absolute atomic E-state index is 0.116. The van der Waals surface area contributed by atoms with Crippen LogP contribution in [0.2, 0.25) is 0 Å². The van der Waals surface area contributed by atoms with Crippen LogP contribution in [0.25, 0.3) is 21.5 Å². The lowest BCUT2D eigenvalue weighted by Crippen LogP contribution is -2.18. The predicted octanol–water partition coefficient (Wildman–Crippen LogP) is 2.70. The molecule has 2 heterocycles. The molecule has 10 heteroatoms. The Morgan fingerprint density at radius 3 is 2.53 bits per heavy atom. The smallest absolute Gasteiger partial charge is 0.286 e. The molecule has 2 aromatic carbocycles. The van der Waals surface area contributed by atoms with Crippen LogP contribution >= 0.6 is 11.3 Å². The van der Waals surface area contributed by atoms with Crippen LogP contribution < -0.4 is 16.8 Å². The summed E-state index contributed by atoms with van der Waals surface area (Å²) in [5.74, 6) is -1.59. The third kappa shape index (κ3) is 3.80. The number of fused-ring (bicyclic) bond motifs is 1. The number of halogens is 1. The molecule has 0 unspecified atom stereocenters. The van der Waals surface area contributed by atoms with E-state index in [0.717, 1.165) is 0 Å². The normalized spacial score (nSPS) is 10.8. The Morgan fingerprint density at radius 2 is 1.80 bits per heavy atom. The lowest BCUT2D eigenvalue weighted by atomic mass is 10.1. The van der Waals surface area contributed by atoms with E-state index >= 15 is 0 Å². The first-order chi connectivity index (χ1) is 14.4. The summed E-state index contributed by atoms with van der Waals surface area (Å²) in [6.45, 7) is 0.233. The number of rotatable bonds is 6. The van der Waals surface area contributed by atoms with E-state index in [4.69, 9.17) is 11.5 Å². The number of thiophene rings is 1. The van der Waals surface area contributed by atoms with E-state index in [-0.39, 0.29) is 30.0 Å². The fraction of sp³-hybridized carbons (Fsp3) is 0.0500. The van der Waals surface area contributed by atoms with E-state index in [1.165, 1.54) is 23.5 Å². The van der Waals surface area contributed by atoms with Crippen molar-refractivity contribution in [1.29, 1.82) is 0 Å². The second-order valence-electron chi connectivity index (χ2n) is 6.35. The van der Waals surface area contributed by atoms with E-state index in [1.807, 2.05) is 0 Å². The Labute approximate surface area is 173 Å². The summed E-state index contributed by atoms with van der Waals surface area (Å²) in [7, 11) is 0. The molecule has 0 aliphatic rings. The van der Waals surface area contributed by atoms with Crippen LogP contribution in [0.5, 0.6) is 0 Å². The third-order valence-electron chi connectivity index (χ3n) is 4.31. The van der Waals surface area contributed by atoms with Gasteiger partial charge in [-0.05, 0) is 23.8 Å². The number of amides is 2. The first-order valence-electron chi connectivity index (χ1n) is 8.77. The molecule has 4 rings (SSSR count). The van der Waals surface area contributed by atoms with Crippen molar-refractivity contribution in [1.82, 2.24) is 15.0 Å². The van der Waals surface area contributed by atoms with Crippen LogP contribution in [0, 0.1) is 5.82 Å². The van der Waals surface area contributed by atoms with Crippen molar-refractivity contribution in [3.63, 3.8) is 0 Å². The Kier molecular flexibility index (Phi) is 5.07. The molecule has 2 aromatic heterocycles. The van der Waals surface area contributed by atoms with Gasteiger partial charge in [0.15, 0.2) is 5.82 Å². The molecule has 0 aliphatic carbocycles.